The van der Waals surface area contributed by atoms with Crippen LogP contribution in [-0.2, 0) is 23.9 Å². The van der Waals surface area contributed by atoms with Crippen molar-refractivity contribution in [3.05, 3.63) is 67.2 Å². The number of ether oxygens (including phenoxy) is 1. The lowest BCUT2D eigenvalue weighted by atomic mass is 10.4. The molecule has 2 saturated heterocycles. The van der Waals surface area contributed by atoms with Gasteiger partial charge in [-0.15, -0.1) is 23.5 Å². The van der Waals surface area contributed by atoms with Gasteiger partial charge in [0.2, 0.25) is 0 Å². The lowest BCUT2D eigenvalue weighted by Gasteiger charge is -1.95. The lowest BCUT2D eigenvalue weighted by Crippen LogP contribution is -2.19. The van der Waals surface area contributed by atoms with Gasteiger partial charge in [0, 0.05) is 20.3 Å². The number of hydrogen-bond donors (Lipinski definition) is 5. The number of rotatable bonds is 3. The van der Waals surface area contributed by atoms with E-state index < -0.39 is 22.3 Å². The third-order valence-corrected chi connectivity index (χ3v) is 5.96. The third-order valence-electron chi connectivity index (χ3n) is 3.39. The van der Waals surface area contributed by atoms with Crippen LogP contribution in [-0.4, -0.2) is 60.2 Å². The Kier molecular flexibility index (Phi) is 31.8. The minimum absolute atomic E-state index is 0.137. The second-order valence-electron chi connectivity index (χ2n) is 6.02. The van der Waals surface area contributed by atoms with Crippen molar-refractivity contribution in [1.29, 1.82) is 15.8 Å². The molecule has 20 heteroatoms. The summed E-state index contributed by atoms with van der Waals surface area (Å²) in [5.74, 6) is -2.08. The molecule has 0 atom stereocenters. The molecule has 228 valence electrons. The smallest absolute Gasteiger partial charge is 0.314 e. The highest BCUT2D eigenvalue weighted by Gasteiger charge is 2.26. The Bertz CT molecular complexity index is 1240. The van der Waals surface area contributed by atoms with Crippen molar-refractivity contribution in [2.45, 2.75) is 12.8 Å². The van der Waals surface area contributed by atoms with Gasteiger partial charge in [-0.1, -0.05) is 0 Å². The molecule has 0 aromatic heterocycles. The number of halogens is 2. The van der Waals surface area contributed by atoms with E-state index in [-0.39, 0.29) is 28.7 Å². The molecule has 0 aromatic carbocycles. The van der Waals surface area contributed by atoms with Crippen LogP contribution in [0.15, 0.2) is 33.0 Å². The van der Waals surface area contributed by atoms with E-state index in [4.69, 9.17) is 56.8 Å². The molecule has 2 rings (SSSR count). The Morgan fingerprint density at radius 1 is 0.860 bits per heavy atom. The van der Waals surface area contributed by atoms with Crippen LogP contribution in [0.4, 0.5) is 0 Å². The fraction of sp³-hybridized carbons (Fsp3) is 0.304. The summed E-state index contributed by atoms with van der Waals surface area (Å²) >= 11 is 11.9. The van der Waals surface area contributed by atoms with Crippen LogP contribution >= 0.6 is 46.7 Å². The van der Waals surface area contributed by atoms with Gasteiger partial charge in [0.05, 0.1) is 42.2 Å². The van der Waals surface area contributed by atoms with Crippen molar-refractivity contribution >= 4 is 69.0 Å². The van der Waals surface area contributed by atoms with Crippen molar-refractivity contribution in [3.8, 4) is 18.2 Å². The average molecular weight is 672 g/mol. The predicted molar refractivity (Wildman–Crippen MR) is 159 cm³/mol. The largest absolute Gasteiger partial charge is 0.400 e. The van der Waals surface area contributed by atoms with Crippen LogP contribution in [0.5, 0.6) is 0 Å². The van der Waals surface area contributed by atoms with Crippen molar-refractivity contribution in [2.75, 3.05) is 32.8 Å². The summed E-state index contributed by atoms with van der Waals surface area (Å²) in [5, 5.41) is 33.6. The van der Waals surface area contributed by atoms with Gasteiger partial charge >= 0.3 is 28.0 Å². The molecule has 2 heterocycles. The standard InChI is InChI=1S/C6H2N4O2.C6H6N2S2.C4H4N4.C4H8O.C2Cl2O2.CH4O/c1-8-3(2-7)4-9-5(11)6(12)10-4;1-8-5(4-7)6(9-2)10-3;1-8-3(2-5)4(6)7;1-2-4-5-3-1;3-1(5)2(4)6;1-2/h(H,9,11)(H,10,12);2-3H3;6-7H2;1-4H2;;2H,1H3. The van der Waals surface area contributed by atoms with Crippen LogP contribution in [0, 0.1) is 53.7 Å². The molecule has 0 unspecified atom stereocenters. The molecule has 7 N–H and O–H groups in total. The van der Waals surface area contributed by atoms with E-state index in [0.29, 0.717) is 0 Å². The number of hydrogen-bond acceptors (Lipinski definition) is 13. The number of nitrogens with two attached hydrogens (primary N) is 2. The first-order valence-electron chi connectivity index (χ1n) is 10.5. The Morgan fingerprint density at radius 3 is 1.40 bits per heavy atom. The lowest BCUT2D eigenvalue weighted by molar-refractivity contribution is -0.135. The molecule has 2 fully saturated rings. The van der Waals surface area contributed by atoms with Crippen LogP contribution in [0.2, 0.25) is 0 Å². The zero-order valence-electron chi connectivity index (χ0n) is 22.7. The summed E-state index contributed by atoms with van der Waals surface area (Å²) in [6.07, 6.45) is 6.27. The van der Waals surface area contributed by atoms with Crippen LogP contribution in [0.1, 0.15) is 12.8 Å². The van der Waals surface area contributed by atoms with Gasteiger partial charge < -0.3 is 31.9 Å². The molecule has 2 aliphatic rings. The SMILES string of the molecule is C1CCOC1.CO.O=C(Cl)C(=O)Cl.[C-]#[N+]C(C#N)=C(N)N.[C-]#[N+]C(C#N)=C(SC)SC.[C-]#[N+]C(C#N)=C1NC(=O)C(=O)N1. The first-order valence-corrected chi connectivity index (χ1v) is 13.7. The monoisotopic (exact) mass is 670 g/mol. The second-order valence-corrected chi connectivity index (χ2v) is 8.60. The molecule has 0 aliphatic carbocycles. The molecule has 16 nitrogen and oxygen atoms in total. The van der Waals surface area contributed by atoms with Gasteiger partial charge in [0.25, 0.3) is 11.4 Å². The fourth-order valence-electron chi connectivity index (χ4n) is 1.68. The summed E-state index contributed by atoms with van der Waals surface area (Å²) in [6, 6.07) is 4.89. The normalized spacial score (nSPS) is 10.9. The maximum Gasteiger partial charge on any atom is 0.314 e. The van der Waals surface area contributed by atoms with Crippen molar-refractivity contribution in [2.24, 2.45) is 11.5 Å². The minimum Gasteiger partial charge on any atom is -0.400 e. The highest BCUT2D eigenvalue weighted by molar-refractivity contribution is 8.21. The Labute approximate surface area is 266 Å². The van der Waals surface area contributed by atoms with E-state index >= 15 is 0 Å². The zero-order chi connectivity index (χ0) is 34.4. The predicted octanol–water partition coefficient (Wildman–Crippen LogP) is 1.61. The average Bonchev–Trinajstić information content (AvgIpc) is 3.69. The second kappa shape index (κ2) is 30.2. The molecule has 2 amide bonds. The van der Waals surface area contributed by atoms with Gasteiger partial charge in [0.1, 0.15) is 11.6 Å². The van der Waals surface area contributed by atoms with Crippen molar-refractivity contribution in [1.82, 2.24) is 10.6 Å². The van der Waals surface area contributed by atoms with Gasteiger partial charge in [-0.05, 0) is 48.6 Å². The number of nitrogens with zero attached hydrogens (tertiary/aromatic N) is 6. The quantitative estimate of drug-likeness (QED) is 0.124. The molecule has 43 heavy (non-hydrogen) atoms. The number of aliphatic hydroxyl groups is 1. The number of aliphatic hydroxyl groups excluding tert-OH is 1. The minimum atomic E-state index is -1.14. The number of allylic oxidation sites excluding steroid dienone is 3. The molecule has 0 radical (unpaired) electrons. The molecule has 0 aromatic rings. The summed E-state index contributed by atoms with van der Waals surface area (Å²) in [4.78, 5) is 48.6. The molecule has 2 aliphatic heterocycles. The number of carbonyl (C=O) groups is 4. The molecule has 0 bridgehead atoms. The van der Waals surface area contributed by atoms with Crippen LogP contribution in [0.25, 0.3) is 14.5 Å². The maximum atomic E-state index is 10.6. The number of thioether (sulfide) groups is 2. The van der Waals surface area contributed by atoms with Gasteiger partial charge in [0.15, 0.2) is 0 Å². The zero-order valence-corrected chi connectivity index (χ0v) is 25.9. The van der Waals surface area contributed by atoms with Gasteiger partial charge in [-0.25, -0.2) is 30.3 Å². The first-order chi connectivity index (χ1) is 20.3. The van der Waals surface area contributed by atoms with Crippen LogP contribution in [0.3, 0.4) is 0 Å². The fourth-order valence-corrected chi connectivity index (χ4v) is 2.92. The topological polar surface area (TPSA) is 258 Å². The third kappa shape index (κ3) is 23.6. The van der Waals surface area contributed by atoms with Gasteiger partial charge in [-0.3, -0.25) is 19.2 Å². The van der Waals surface area contributed by atoms with E-state index in [1.165, 1.54) is 48.5 Å². The highest BCUT2D eigenvalue weighted by atomic mass is 35.5. The number of nitrogens with one attached hydrogen (secondary N) is 2. The van der Waals surface area contributed by atoms with E-state index in [1.54, 1.807) is 0 Å². The number of nitriles is 3. The number of carbonyl (C=O) groups excluding carboxylic acids is 4. The Morgan fingerprint density at radius 2 is 1.26 bits per heavy atom. The summed E-state index contributed by atoms with van der Waals surface area (Å²) in [5.41, 5.74) is 9.37. The van der Waals surface area contributed by atoms with E-state index in [0.717, 1.165) is 24.6 Å². The molecular weight excluding hydrogens is 647 g/mol. The summed E-state index contributed by atoms with van der Waals surface area (Å²) in [6.45, 7) is 21.4. The van der Waals surface area contributed by atoms with E-state index in [1.807, 2.05) is 29.2 Å². The first kappa shape index (κ1) is 45.2. The Balaban J connectivity index is -0.000000224. The van der Waals surface area contributed by atoms with Gasteiger partial charge in [-0.2, -0.15) is 0 Å². The highest BCUT2D eigenvalue weighted by Crippen LogP contribution is 2.27. The van der Waals surface area contributed by atoms with Crippen LogP contribution < -0.4 is 22.1 Å². The van der Waals surface area contributed by atoms with Crippen molar-refractivity contribution < 1.29 is 29.0 Å². The molecule has 0 saturated carbocycles. The maximum absolute atomic E-state index is 10.6. The molecule has 0 spiro atoms. The summed E-state index contributed by atoms with van der Waals surface area (Å²) < 4.78 is 5.73. The molecular formula is C23H24Cl2N10O6S2. The Hall–Kier alpha value is -4.76. The summed E-state index contributed by atoms with van der Waals surface area (Å²) in [7, 11) is 1.00. The van der Waals surface area contributed by atoms with E-state index in [2.05, 4.69) is 37.7 Å². The van der Waals surface area contributed by atoms with E-state index in [9.17, 15) is 19.2 Å². The van der Waals surface area contributed by atoms with Crippen molar-refractivity contribution in [3.63, 3.8) is 0 Å². The number of amides is 2.